The highest BCUT2D eigenvalue weighted by atomic mass is 16.4. The Labute approximate surface area is 101 Å². The molecule has 1 saturated heterocycles. The molecule has 2 N–H and O–H groups in total. The van der Waals surface area contributed by atoms with Crippen LogP contribution in [-0.4, -0.2) is 40.6 Å². The molecule has 5 heteroatoms. The van der Waals surface area contributed by atoms with Crippen LogP contribution in [0.3, 0.4) is 0 Å². The van der Waals surface area contributed by atoms with E-state index in [-0.39, 0.29) is 6.03 Å². The number of rotatable bonds is 3. The molecule has 0 aromatic carbocycles. The lowest BCUT2D eigenvalue weighted by Gasteiger charge is -2.41. The van der Waals surface area contributed by atoms with Gasteiger partial charge in [-0.2, -0.15) is 0 Å². The molecule has 0 bridgehead atoms. The van der Waals surface area contributed by atoms with Crippen molar-refractivity contribution in [3.05, 3.63) is 12.2 Å². The number of hydrogen-bond donors (Lipinski definition) is 2. The van der Waals surface area contributed by atoms with Crippen molar-refractivity contribution >= 4 is 12.0 Å². The molecule has 96 valence electrons. The highest BCUT2D eigenvalue weighted by molar-refractivity contribution is 5.86. The normalized spacial score (nSPS) is 24.2. The van der Waals surface area contributed by atoms with E-state index in [4.69, 9.17) is 0 Å². The molecule has 0 aromatic rings. The number of carboxylic acids is 1. The molecule has 0 radical (unpaired) electrons. The molecule has 1 fully saturated rings. The fourth-order valence-electron chi connectivity index (χ4n) is 1.99. The molecule has 5 nitrogen and oxygen atoms in total. The molecule has 1 aliphatic rings. The van der Waals surface area contributed by atoms with E-state index >= 15 is 0 Å². The number of nitrogens with zero attached hydrogens (tertiary/aromatic N) is 1. The minimum Gasteiger partial charge on any atom is -0.480 e. The summed E-state index contributed by atoms with van der Waals surface area (Å²) in [4.78, 5) is 24.6. The van der Waals surface area contributed by atoms with Gasteiger partial charge in [0.15, 0.2) is 0 Å². The third-order valence-corrected chi connectivity index (χ3v) is 3.14. The van der Waals surface area contributed by atoms with Gasteiger partial charge in [0, 0.05) is 13.1 Å². The second-order valence-corrected chi connectivity index (χ2v) is 4.80. The molecule has 1 atom stereocenters. The quantitative estimate of drug-likeness (QED) is 0.736. The van der Waals surface area contributed by atoms with Gasteiger partial charge < -0.3 is 15.3 Å². The first-order valence-corrected chi connectivity index (χ1v) is 5.81. The molecule has 0 aromatic heterocycles. The van der Waals surface area contributed by atoms with E-state index in [0.717, 1.165) is 18.4 Å². The maximum Gasteiger partial charge on any atom is 0.329 e. The summed E-state index contributed by atoms with van der Waals surface area (Å²) in [6, 6.07) is -0.322. The summed E-state index contributed by atoms with van der Waals surface area (Å²) in [6.07, 6.45) is 2.19. The molecule has 1 unspecified atom stereocenters. The molecular weight excluding hydrogens is 220 g/mol. The number of carbonyl (C=O) groups excluding carboxylic acids is 1. The average Bonchev–Trinajstić information content (AvgIpc) is 2.26. The zero-order valence-corrected chi connectivity index (χ0v) is 10.5. The maximum absolute atomic E-state index is 11.9. The fraction of sp³-hybridized carbons (Fsp3) is 0.667. The summed E-state index contributed by atoms with van der Waals surface area (Å²) in [5.41, 5.74) is -0.246. The molecule has 0 saturated carbocycles. The van der Waals surface area contributed by atoms with Crippen LogP contribution in [0, 0.1) is 0 Å². The number of piperidine rings is 1. The Balaban J connectivity index is 2.74. The number of aliphatic carboxylic acids is 1. The summed E-state index contributed by atoms with van der Waals surface area (Å²) >= 11 is 0. The van der Waals surface area contributed by atoms with E-state index in [0.29, 0.717) is 19.5 Å². The van der Waals surface area contributed by atoms with E-state index < -0.39 is 11.5 Å². The third kappa shape index (κ3) is 2.99. The van der Waals surface area contributed by atoms with Gasteiger partial charge in [-0.05, 0) is 33.1 Å². The van der Waals surface area contributed by atoms with Crippen LogP contribution in [0.5, 0.6) is 0 Å². The topological polar surface area (TPSA) is 69.6 Å². The molecular formula is C12H20N2O3. The van der Waals surface area contributed by atoms with Crippen molar-refractivity contribution in [2.45, 2.75) is 38.6 Å². The van der Waals surface area contributed by atoms with Crippen molar-refractivity contribution in [3.8, 4) is 0 Å². The minimum atomic E-state index is -1.09. The number of nitrogens with one attached hydrogen (secondary N) is 1. The van der Waals surface area contributed by atoms with Gasteiger partial charge in [0.25, 0.3) is 0 Å². The Morgan fingerprint density at radius 1 is 1.47 bits per heavy atom. The maximum atomic E-state index is 11.9. The molecule has 1 aliphatic heterocycles. The minimum absolute atomic E-state index is 0.322. The second kappa shape index (κ2) is 5.21. The summed E-state index contributed by atoms with van der Waals surface area (Å²) in [6.45, 7) is 7.98. The van der Waals surface area contributed by atoms with Gasteiger partial charge in [-0.1, -0.05) is 12.2 Å². The summed E-state index contributed by atoms with van der Waals surface area (Å²) < 4.78 is 0. The molecule has 1 rings (SSSR count). The number of urea groups is 1. The highest BCUT2D eigenvalue weighted by Gasteiger charge is 2.43. The molecule has 2 amide bonds. The van der Waals surface area contributed by atoms with Crippen molar-refractivity contribution in [1.82, 2.24) is 10.2 Å². The van der Waals surface area contributed by atoms with Crippen molar-refractivity contribution in [3.63, 3.8) is 0 Å². The predicted molar refractivity (Wildman–Crippen MR) is 64.8 cm³/mol. The van der Waals surface area contributed by atoms with Gasteiger partial charge >= 0.3 is 12.0 Å². The molecule has 17 heavy (non-hydrogen) atoms. The fourth-order valence-corrected chi connectivity index (χ4v) is 1.99. The lowest BCUT2D eigenvalue weighted by molar-refractivity contribution is -0.150. The van der Waals surface area contributed by atoms with E-state index in [1.165, 1.54) is 4.90 Å². The van der Waals surface area contributed by atoms with Crippen LogP contribution < -0.4 is 5.32 Å². The van der Waals surface area contributed by atoms with Crippen LogP contribution in [0.2, 0.25) is 0 Å². The van der Waals surface area contributed by atoms with E-state index in [2.05, 4.69) is 11.9 Å². The third-order valence-electron chi connectivity index (χ3n) is 3.14. The summed E-state index contributed by atoms with van der Waals surface area (Å²) in [7, 11) is 0. The molecule has 1 heterocycles. The van der Waals surface area contributed by atoms with Crippen molar-refractivity contribution < 1.29 is 14.7 Å². The first kappa shape index (κ1) is 13.5. The number of carboxylic acid groups (broad SMARTS) is 1. The van der Waals surface area contributed by atoms with Crippen LogP contribution in [-0.2, 0) is 4.79 Å². The van der Waals surface area contributed by atoms with Gasteiger partial charge in [0.1, 0.15) is 5.54 Å². The smallest absolute Gasteiger partial charge is 0.329 e. The van der Waals surface area contributed by atoms with E-state index in [9.17, 15) is 14.7 Å². The van der Waals surface area contributed by atoms with Crippen LogP contribution >= 0.6 is 0 Å². The second-order valence-electron chi connectivity index (χ2n) is 4.80. The zero-order chi connectivity index (χ0) is 13.1. The Morgan fingerprint density at radius 3 is 2.65 bits per heavy atom. The van der Waals surface area contributed by atoms with Crippen LogP contribution in [0.25, 0.3) is 0 Å². The first-order chi connectivity index (χ1) is 7.88. The number of carbonyl (C=O) groups is 2. The molecule has 0 spiro atoms. The Kier molecular flexibility index (Phi) is 4.15. The average molecular weight is 240 g/mol. The largest absolute Gasteiger partial charge is 0.480 e. The number of hydrogen-bond acceptors (Lipinski definition) is 2. The molecule has 0 aliphatic carbocycles. The van der Waals surface area contributed by atoms with Gasteiger partial charge in [-0.25, -0.2) is 9.59 Å². The number of amides is 2. The Bertz CT molecular complexity index is 341. The van der Waals surface area contributed by atoms with Crippen molar-refractivity contribution in [1.29, 1.82) is 0 Å². The van der Waals surface area contributed by atoms with Gasteiger partial charge in [0.05, 0.1) is 0 Å². The Hall–Kier alpha value is -1.52. The van der Waals surface area contributed by atoms with Gasteiger partial charge in [-0.15, -0.1) is 0 Å². The lowest BCUT2D eigenvalue weighted by atomic mass is 9.89. The van der Waals surface area contributed by atoms with E-state index in [1.807, 2.05) is 6.92 Å². The SMILES string of the molecule is C=C(C)CNC(=O)N1CCCCC1(C)C(=O)O. The van der Waals surface area contributed by atoms with Gasteiger partial charge in [-0.3, -0.25) is 0 Å². The Morgan fingerprint density at radius 2 is 2.12 bits per heavy atom. The standard InChI is InChI=1S/C12H20N2O3/c1-9(2)8-13-11(17)14-7-5-4-6-12(14,3)10(15)16/h1,4-8H2,2-3H3,(H,13,17)(H,15,16). The predicted octanol–water partition coefficient (Wildman–Crippen LogP) is 1.60. The monoisotopic (exact) mass is 240 g/mol. The summed E-state index contributed by atoms with van der Waals surface area (Å²) in [5.74, 6) is -0.942. The lowest BCUT2D eigenvalue weighted by Crippen LogP contribution is -2.60. The highest BCUT2D eigenvalue weighted by Crippen LogP contribution is 2.28. The van der Waals surface area contributed by atoms with Crippen LogP contribution in [0.4, 0.5) is 4.79 Å². The zero-order valence-electron chi connectivity index (χ0n) is 10.5. The van der Waals surface area contributed by atoms with E-state index in [1.54, 1.807) is 6.92 Å². The number of likely N-dealkylation sites (tertiary alicyclic amines) is 1. The summed E-state index contributed by atoms with van der Waals surface area (Å²) in [5, 5.41) is 11.9. The first-order valence-electron chi connectivity index (χ1n) is 5.81. The van der Waals surface area contributed by atoms with Gasteiger partial charge in [0.2, 0.25) is 0 Å². The van der Waals surface area contributed by atoms with Crippen molar-refractivity contribution in [2.24, 2.45) is 0 Å². The van der Waals surface area contributed by atoms with Crippen LogP contribution in [0.15, 0.2) is 12.2 Å². The van der Waals surface area contributed by atoms with Crippen molar-refractivity contribution in [2.75, 3.05) is 13.1 Å². The van der Waals surface area contributed by atoms with Crippen LogP contribution in [0.1, 0.15) is 33.1 Å².